The molecule has 0 saturated carbocycles. The van der Waals surface area contributed by atoms with E-state index in [1.807, 2.05) is 0 Å². The molecule has 1 saturated heterocycles. The standard InChI is InChI=1S/C17H21FN2O2/c1-2-22-16(21)6-4-13-3-5-14(18)11-15(13)17(12-19)7-9-20-10-8-17/h3,5,11,20H,2,4,6-10H2,1H3. The Balaban J connectivity index is 2.27. The molecule has 5 heteroatoms. The number of piperidine rings is 1. The smallest absolute Gasteiger partial charge is 0.306 e. The number of hydrogen-bond donors (Lipinski definition) is 1. The summed E-state index contributed by atoms with van der Waals surface area (Å²) < 4.78 is 18.6. The minimum atomic E-state index is -0.669. The van der Waals surface area contributed by atoms with Crippen LogP contribution >= 0.6 is 0 Å². The molecule has 1 aliphatic rings. The fourth-order valence-electron chi connectivity index (χ4n) is 2.98. The van der Waals surface area contributed by atoms with Crippen molar-refractivity contribution >= 4 is 5.97 Å². The molecule has 1 aromatic rings. The number of ether oxygens (including phenoxy) is 1. The van der Waals surface area contributed by atoms with E-state index >= 15 is 0 Å². The van der Waals surface area contributed by atoms with E-state index in [0.29, 0.717) is 25.9 Å². The maximum Gasteiger partial charge on any atom is 0.306 e. The number of rotatable bonds is 5. The number of carbonyl (C=O) groups excluding carboxylic acids is 1. The van der Waals surface area contributed by atoms with Gasteiger partial charge in [0.15, 0.2) is 0 Å². The van der Waals surface area contributed by atoms with Gasteiger partial charge < -0.3 is 10.1 Å². The third-order valence-electron chi connectivity index (χ3n) is 4.16. The lowest BCUT2D eigenvalue weighted by Gasteiger charge is -2.33. The van der Waals surface area contributed by atoms with E-state index in [0.717, 1.165) is 24.2 Å². The first kappa shape index (κ1) is 16.4. The summed E-state index contributed by atoms with van der Waals surface area (Å²) in [5, 5.41) is 12.9. The number of hydrogen-bond acceptors (Lipinski definition) is 4. The highest BCUT2D eigenvalue weighted by Gasteiger charge is 2.36. The highest BCUT2D eigenvalue weighted by molar-refractivity contribution is 5.69. The van der Waals surface area contributed by atoms with E-state index in [4.69, 9.17) is 4.74 Å². The van der Waals surface area contributed by atoms with Gasteiger partial charge >= 0.3 is 5.97 Å². The molecule has 1 N–H and O–H groups in total. The van der Waals surface area contributed by atoms with Crippen LogP contribution in [0.5, 0.6) is 0 Å². The number of nitrogens with one attached hydrogen (secondary N) is 1. The van der Waals surface area contributed by atoms with E-state index in [1.54, 1.807) is 13.0 Å². The van der Waals surface area contributed by atoms with Crippen LogP contribution in [0, 0.1) is 17.1 Å². The fraction of sp³-hybridized carbons (Fsp3) is 0.529. The SMILES string of the molecule is CCOC(=O)CCc1ccc(F)cc1C1(C#N)CCNCC1. The van der Waals surface area contributed by atoms with Crippen molar-refractivity contribution in [3.63, 3.8) is 0 Å². The van der Waals surface area contributed by atoms with Crippen molar-refractivity contribution < 1.29 is 13.9 Å². The van der Waals surface area contributed by atoms with Crippen molar-refractivity contribution in [2.24, 2.45) is 0 Å². The van der Waals surface area contributed by atoms with E-state index in [9.17, 15) is 14.4 Å². The second-order valence-electron chi connectivity index (χ2n) is 5.55. The first-order valence-corrected chi connectivity index (χ1v) is 7.68. The van der Waals surface area contributed by atoms with Crippen LogP contribution in [0.25, 0.3) is 0 Å². The molecule has 22 heavy (non-hydrogen) atoms. The molecule has 0 unspecified atom stereocenters. The molecule has 1 aliphatic heterocycles. The van der Waals surface area contributed by atoms with Crippen LogP contribution in [0.15, 0.2) is 18.2 Å². The van der Waals surface area contributed by atoms with E-state index in [-0.39, 0.29) is 18.2 Å². The topological polar surface area (TPSA) is 62.1 Å². The molecule has 2 rings (SSSR count). The lowest BCUT2D eigenvalue weighted by molar-refractivity contribution is -0.143. The molecule has 1 fully saturated rings. The quantitative estimate of drug-likeness (QED) is 0.849. The highest BCUT2D eigenvalue weighted by Crippen LogP contribution is 2.36. The number of halogens is 1. The zero-order chi connectivity index (χ0) is 16.0. The van der Waals surface area contributed by atoms with Crippen LogP contribution in [0.3, 0.4) is 0 Å². The predicted octanol–water partition coefficient (Wildman–Crippen LogP) is 2.47. The summed E-state index contributed by atoms with van der Waals surface area (Å²) in [6, 6.07) is 6.92. The van der Waals surface area contributed by atoms with Gasteiger partial charge in [0.05, 0.1) is 18.1 Å². The van der Waals surface area contributed by atoms with E-state index in [2.05, 4.69) is 11.4 Å². The molecule has 1 aromatic carbocycles. The molecule has 0 radical (unpaired) electrons. The summed E-state index contributed by atoms with van der Waals surface area (Å²) in [7, 11) is 0. The van der Waals surface area contributed by atoms with Gasteiger partial charge in [-0.3, -0.25) is 4.79 Å². The summed E-state index contributed by atoms with van der Waals surface area (Å²) in [4.78, 5) is 11.5. The molecule has 0 spiro atoms. The normalized spacial score (nSPS) is 16.8. The Labute approximate surface area is 130 Å². The Bertz CT molecular complexity index is 575. The van der Waals surface area contributed by atoms with Gasteiger partial charge in [-0.2, -0.15) is 5.26 Å². The average molecular weight is 304 g/mol. The van der Waals surface area contributed by atoms with Crippen molar-refractivity contribution in [3.8, 4) is 6.07 Å². The van der Waals surface area contributed by atoms with Crippen LogP contribution in [0.4, 0.5) is 4.39 Å². The summed E-state index contributed by atoms with van der Waals surface area (Å²) in [5.74, 6) is -0.614. The van der Waals surface area contributed by atoms with Crippen LogP contribution in [0.1, 0.15) is 37.3 Å². The van der Waals surface area contributed by atoms with Gasteiger partial charge in [0.2, 0.25) is 0 Å². The Morgan fingerprint density at radius 1 is 1.45 bits per heavy atom. The zero-order valence-corrected chi connectivity index (χ0v) is 12.8. The van der Waals surface area contributed by atoms with Crippen molar-refractivity contribution in [2.75, 3.05) is 19.7 Å². The summed E-state index contributed by atoms with van der Waals surface area (Å²) >= 11 is 0. The maximum atomic E-state index is 13.7. The Morgan fingerprint density at radius 2 is 2.18 bits per heavy atom. The fourth-order valence-corrected chi connectivity index (χ4v) is 2.98. The van der Waals surface area contributed by atoms with Gasteiger partial charge in [0.1, 0.15) is 5.82 Å². The summed E-state index contributed by atoms with van der Waals surface area (Å²) in [5.41, 5.74) is 0.913. The first-order valence-electron chi connectivity index (χ1n) is 7.68. The molecular formula is C17H21FN2O2. The Kier molecular flexibility index (Phi) is 5.51. The Hall–Kier alpha value is -1.93. The molecule has 0 amide bonds. The first-order chi connectivity index (χ1) is 10.6. The molecule has 0 aromatic heterocycles. The van der Waals surface area contributed by atoms with Crippen molar-refractivity contribution in [1.82, 2.24) is 5.32 Å². The van der Waals surface area contributed by atoms with Crippen molar-refractivity contribution in [2.45, 2.75) is 38.0 Å². The van der Waals surface area contributed by atoms with Gasteiger partial charge in [-0.15, -0.1) is 0 Å². The third kappa shape index (κ3) is 3.63. The largest absolute Gasteiger partial charge is 0.466 e. The molecule has 0 aliphatic carbocycles. The lowest BCUT2D eigenvalue weighted by Crippen LogP contribution is -2.39. The number of esters is 1. The zero-order valence-electron chi connectivity index (χ0n) is 12.8. The molecular weight excluding hydrogens is 283 g/mol. The monoisotopic (exact) mass is 304 g/mol. The molecule has 0 bridgehead atoms. The summed E-state index contributed by atoms with van der Waals surface area (Å²) in [6.07, 6.45) is 2.01. The molecule has 118 valence electrons. The molecule has 4 nitrogen and oxygen atoms in total. The second-order valence-corrected chi connectivity index (χ2v) is 5.55. The second kappa shape index (κ2) is 7.37. The number of aryl methyl sites for hydroxylation is 1. The average Bonchev–Trinajstić information content (AvgIpc) is 2.54. The molecule has 0 atom stereocenters. The predicted molar refractivity (Wildman–Crippen MR) is 80.7 cm³/mol. The van der Waals surface area contributed by atoms with E-state index < -0.39 is 5.41 Å². The number of benzene rings is 1. The highest BCUT2D eigenvalue weighted by atomic mass is 19.1. The van der Waals surface area contributed by atoms with Crippen LogP contribution in [-0.2, 0) is 21.4 Å². The lowest BCUT2D eigenvalue weighted by atomic mass is 9.72. The number of nitrogens with zero attached hydrogens (tertiary/aromatic N) is 1. The van der Waals surface area contributed by atoms with Gasteiger partial charge in [-0.25, -0.2) is 4.39 Å². The maximum absolute atomic E-state index is 13.7. The number of carbonyl (C=O) groups is 1. The van der Waals surface area contributed by atoms with Gasteiger partial charge in [-0.05, 0) is 62.5 Å². The summed E-state index contributed by atoms with van der Waals surface area (Å²) in [6.45, 7) is 3.59. The van der Waals surface area contributed by atoms with Gasteiger partial charge in [0, 0.05) is 6.42 Å². The number of nitriles is 1. The van der Waals surface area contributed by atoms with Crippen LogP contribution in [-0.4, -0.2) is 25.7 Å². The van der Waals surface area contributed by atoms with Crippen LogP contribution < -0.4 is 5.32 Å². The Morgan fingerprint density at radius 3 is 2.82 bits per heavy atom. The minimum absolute atomic E-state index is 0.242. The van der Waals surface area contributed by atoms with Gasteiger partial charge in [-0.1, -0.05) is 6.07 Å². The van der Waals surface area contributed by atoms with E-state index in [1.165, 1.54) is 12.1 Å². The van der Waals surface area contributed by atoms with Crippen molar-refractivity contribution in [1.29, 1.82) is 5.26 Å². The van der Waals surface area contributed by atoms with Crippen molar-refractivity contribution in [3.05, 3.63) is 35.1 Å². The minimum Gasteiger partial charge on any atom is -0.466 e. The van der Waals surface area contributed by atoms with Crippen LogP contribution in [0.2, 0.25) is 0 Å². The third-order valence-corrected chi connectivity index (χ3v) is 4.16. The van der Waals surface area contributed by atoms with Gasteiger partial charge in [0.25, 0.3) is 0 Å². The molecule has 1 heterocycles.